The maximum atomic E-state index is 9.85. The lowest BCUT2D eigenvalue weighted by Gasteiger charge is -2.01. The second-order valence-electron chi connectivity index (χ2n) is 2.11. The van der Waals surface area contributed by atoms with Gasteiger partial charge in [0.2, 0.25) is 6.04 Å². The van der Waals surface area contributed by atoms with Gasteiger partial charge in [0.15, 0.2) is 0 Å². The van der Waals surface area contributed by atoms with E-state index in [4.69, 9.17) is 40.9 Å². The van der Waals surface area contributed by atoms with Crippen LogP contribution in [0.3, 0.4) is 0 Å². The molecule has 0 aliphatic heterocycles. The quantitative estimate of drug-likeness (QED) is 0.333. The van der Waals surface area contributed by atoms with Crippen LogP contribution in [0.5, 0.6) is 0 Å². The summed E-state index contributed by atoms with van der Waals surface area (Å²) in [4.78, 5) is 26.0. The Balaban J connectivity index is -0.000000205. The summed E-state index contributed by atoms with van der Waals surface area (Å²) in [5.41, 5.74) is 0. The molecule has 0 saturated heterocycles. The minimum Gasteiger partial charge on any atom is -0.396 e. The van der Waals surface area contributed by atoms with Crippen LogP contribution in [0.4, 0.5) is 0 Å². The Labute approximate surface area is 92.9 Å². The molecule has 102 valence electrons. The highest BCUT2D eigenvalue weighted by molar-refractivity contribution is 4.51. The van der Waals surface area contributed by atoms with Crippen molar-refractivity contribution >= 4 is 0 Å². The van der Waals surface area contributed by atoms with Crippen molar-refractivity contribution in [2.75, 3.05) is 13.2 Å². The first kappa shape index (κ1) is 20.2. The maximum absolute atomic E-state index is 9.85. The van der Waals surface area contributed by atoms with E-state index < -0.39 is 27.7 Å². The van der Waals surface area contributed by atoms with E-state index in [9.17, 15) is 10.1 Å². The fraction of sp³-hybridized carbons (Fsp3) is 1.00. The van der Waals surface area contributed by atoms with E-state index in [0.29, 0.717) is 0 Å². The van der Waals surface area contributed by atoms with Crippen LogP contribution in [0.2, 0.25) is 0 Å². The second-order valence-corrected chi connectivity index (χ2v) is 2.11. The van der Waals surface area contributed by atoms with Gasteiger partial charge < -0.3 is 20.6 Å². The molecule has 17 heavy (non-hydrogen) atoms. The van der Waals surface area contributed by atoms with Crippen molar-refractivity contribution < 1.29 is 35.7 Å². The Kier molecular flexibility index (Phi) is 16.3. The van der Waals surface area contributed by atoms with Gasteiger partial charge in [0.05, 0.1) is 0 Å². The minimum absolute atomic E-state index is 0.0174. The number of nitrogens with zero attached hydrogens (tertiary/aromatic N) is 3. The van der Waals surface area contributed by atoms with Crippen molar-refractivity contribution in [3.8, 4) is 0 Å². The molecule has 0 aliphatic carbocycles. The van der Waals surface area contributed by atoms with E-state index >= 15 is 0 Å². The van der Waals surface area contributed by atoms with Gasteiger partial charge in [0.1, 0.15) is 6.61 Å². The van der Waals surface area contributed by atoms with E-state index in [1.165, 1.54) is 0 Å². The molecule has 0 aromatic heterocycles. The zero-order valence-corrected chi connectivity index (χ0v) is 8.28. The monoisotopic (exact) mass is 261 g/mol. The lowest BCUT2D eigenvalue weighted by Crippen LogP contribution is -2.24. The molecule has 13 nitrogen and oxygen atoms in total. The zero-order valence-electron chi connectivity index (χ0n) is 8.28. The normalized spacial score (nSPS) is 9.76. The van der Waals surface area contributed by atoms with Crippen LogP contribution in [0.1, 0.15) is 6.42 Å². The topological polar surface area (TPSA) is 210 Å². The predicted octanol–water partition coefficient (Wildman–Crippen LogP) is -1.69. The van der Waals surface area contributed by atoms with Crippen LogP contribution in [0.15, 0.2) is 0 Å². The van der Waals surface area contributed by atoms with Crippen molar-refractivity contribution in [1.29, 1.82) is 0 Å². The van der Waals surface area contributed by atoms with Crippen molar-refractivity contribution in [3.05, 3.63) is 30.3 Å². The Bertz CT molecular complexity index is 212. The van der Waals surface area contributed by atoms with Gasteiger partial charge in [-0.2, -0.15) is 0 Å². The third kappa shape index (κ3) is 41.7. The molecule has 1 unspecified atom stereocenters. The molecule has 0 bridgehead atoms. The molecule has 0 radical (unpaired) electrons. The van der Waals surface area contributed by atoms with E-state index in [2.05, 4.69) is 0 Å². The number of nitro groups is 1. The Hall–Kier alpha value is -2.28. The van der Waals surface area contributed by atoms with Crippen molar-refractivity contribution in [2.45, 2.75) is 12.5 Å². The van der Waals surface area contributed by atoms with Gasteiger partial charge in [0.25, 0.3) is 10.2 Å². The average molecular weight is 261 g/mol. The summed E-state index contributed by atoms with van der Waals surface area (Å²) in [6.07, 6.45) is 0.0174. The summed E-state index contributed by atoms with van der Waals surface area (Å²) in [5, 5.41) is 53.6. The summed E-state index contributed by atoms with van der Waals surface area (Å²) in [7, 11) is 0. The van der Waals surface area contributed by atoms with Crippen molar-refractivity contribution in [2.24, 2.45) is 0 Å². The molecule has 0 amide bonds. The molecule has 0 saturated carbocycles. The van der Waals surface area contributed by atoms with Gasteiger partial charge in [-0.25, -0.2) is 0 Å². The van der Waals surface area contributed by atoms with Gasteiger partial charge in [-0.15, -0.1) is 20.2 Å². The van der Waals surface area contributed by atoms with Gasteiger partial charge in [-0.05, 0) is 0 Å². The van der Waals surface area contributed by atoms with Gasteiger partial charge in [0, 0.05) is 18.0 Å². The number of aliphatic hydroxyl groups excluding tert-OH is 2. The van der Waals surface area contributed by atoms with Gasteiger partial charge in [-0.3, -0.25) is 10.1 Å². The van der Waals surface area contributed by atoms with Crippen LogP contribution >= 0.6 is 0 Å². The summed E-state index contributed by atoms with van der Waals surface area (Å²) >= 11 is 0. The molecule has 4 N–H and O–H groups in total. The van der Waals surface area contributed by atoms with Crippen LogP contribution in [0, 0.1) is 30.3 Å². The first-order valence-corrected chi connectivity index (χ1v) is 3.70. The number of rotatable bonds is 4. The number of aliphatic hydroxyl groups is 2. The molecule has 13 heteroatoms. The first-order chi connectivity index (χ1) is 7.68. The molecule has 0 spiro atoms. The maximum Gasteiger partial charge on any atom is 0.291 e. The smallest absolute Gasteiger partial charge is 0.291 e. The van der Waals surface area contributed by atoms with E-state index in [-0.39, 0.29) is 13.0 Å². The van der Waals surface area contributed by atoms with E-state index in [0.717, 1.165) is 0 Å². The third-order valence-electron chi connectivity index (χ3n) is 0.971. The predicted molar refractivity (Wildman–Crippen MR) is 47.1 cm³/mol. The van der Waals surface area contributed by atoms with Crippen LogP contribution in [-0.2, 0) is 0 Å². The zero-order chi connectivity index (χ0) is 14.4. The van der Waals surface area contributed by atoms with Crippen LogP contribution in [-0.4, -0.2) is 55.0 Å². The highest BCUT2D eigenvalue weighted by atomic mass is 16.9. The summed E-state index contributed by atoms with van der Waals surface area (Å²) in [6, 6.07) is -1.00. The molecule has 0 fully saturated rings. The third-order valence-corrected chi connectivity index (χ3v) is 0.971. The highest BCUT2D eigenvalue weighted by Gasteiger charge is 2.16. The molecule has 0 aromatic carbocycles. The lowest BCUT2D eigenvalue weighted by atomic mass is 10.2. The summed E-state index contributed by atoms with van der Waals surface area (Å²) in [6.45, 7) is -0.764. The lowest BCUT2D eigenvalue weighted by molar-refractivity contribution is -0.742. The van der Waals surface area contributed by atoms with Gasteiger partial charge >= 0.3 is 0 Å². The number of hydrogen-bond acceptors (Lipinski definition) is 8. The molecule has 0 heterocycles. The largest absolute Gasteiger partial charge is 0.396 e. The second kappa shape index (κ2) is 13.7. The van der Waals surface area contributed by atoms with Gasteiger partial charge in [-0.1, -0.05) is 0 Å². The minimum atomic E-state index is -1.50. The van der Waals surface area contributed by atoms with E-state index in [1.807, 2.05) is 0 Å². The SMILES string of the molecule is O=[N+]([O-])C(CO)CCO.O=[N+]([O-])O.O=[N+]([O-])O. The van der Waals surface area contributed by atoms with Crippen molar-refractivity contribution in [3.63, 3.8) is 0 Å². The Morgan fingerprint density at radius 1 is 0.941 bits per heavy atom. The summed E-state index contributed by atoms with van der Waals surface area (Å²) < 4.78 is 0. The molecular formula is C4H11N3O10. The fourth-order valence-corrected chi connectivity index (χ4v) is 0.412. The van der Waals surface area contributed by atoms with Crippen LogP contribution < -0.4 is 0 Å². The molecule has 1 atom stereocenters. The van der Waals surface area contributed by atoms with Crippen LogP contribution in [0.25, 0.3) is 0 Å². The number of hydrogen-bond donors (Lipinski definition) is 4. The molecule has 0 rings (SSSR count). The Morgan fingerprint density at radius 2 is 1.24 bits per heavy atom. The van der Waals surface area contributed by atoms with E-state index in [1.54, 1.807) is 0 Å². The highest BCUT2D eigenvalue weighted by Crippen LogP contribution is 1.93. The molecule has 0 aromatic rings. The molecular weight excluding hydrogens is 250 g/mol. The van der Waals surface area contributed by atoms with Crippen molar-refractivity contribution in [1.82, 2.24) is 0 Å². The first-order valence-electron chi connectivity index (χ1n) is 3.70. The fourth-order valence-electron chi connectivity index (χ4n) is 0.412. The average Bonchev–Trinajstić information content (AvgIpc) is 2.11. The Morgan fingerprint density at radius 3 is 1.29 bits per heavy atom. The summed E-state index contributed by atoms with van der Waals surface area (Å²) in [5.74, 6) is 0. The standard InChI is InChI=1S/C4H9NO4.2HNO3/c6-2-1-4(3-7)5(8)9;2*2-1(3)4/h4,6-7H,1-3H2;2*(H,2,3,4). The molecule has 0 aliphatic rings.